The summed E-state index contributed by atoms with van der Waals surface area (Å²) < 4.78 is 5.68. The predicted molar refractivity (Wildman–Crippen MR) is 74.3 cm³/mol. The summed E-state index contributed by atoms with van der Waals surface area (Å²) in [6, 6.07) is 7.82. The summed E-state index contributed by atoms with van der Waals surface area (Å²) in [4.78, 5) is 2.24. The number of likely N-dealkylation sites (N-methyl/N-ethyl adjacent to an activating group) is 1. The van der Waals surface area contributed by atoms with Gasteiger partial charge < -0.3 is 15.4 Å². The highest BCUT2D eigenvalue weighted by Gasteiger charge is 2.20. The third-order valence-electron chi connectivity index (χ3n) is 3.36. The van der Waals surface area contributed by atoms with Crippen LogP contribution < -0.4 is 10.6 Å². The fraction of sp³-hybridized carbons (Fsp3) is 0.500. The fourth-order valence-electron chi connectivity index (χ4n) is 2.41. The van der Waals surface area contributed by atoms with E-state index in [1.54, 1.807) is 0 Å². The van der Waals surface area contributed by atoms with Gasteiger partial charge in [0.2, 0.25) is 0 Å². The van der Waals surface area contributed by atoms with Gasteiger partial charge >= 0.3 is 0 Å². The maximum absolute atomic E-state index is 7.65. The van der Waals surface area contributed by atoms with Gasteiger partial charge in [-0.1, -0.05) is 12.1 Å². The highest BCUT2D eigenvalue weighted by atomic mass is 16.5. The van der Waals surface area contributed by atoms with Crippen LogP contribution >= 0.6 is 0 Å². The smallest absolute Gasteiger partial charge is 0.124 e. The van der Waals surface area contributed by atoms with Gasteiger partial charge in [0, 0.05) is 30.9 Å². The highest BCUT2D eigenvalue weighted by molar-refractivity contribution is 6.00. The Morgan fingerprint density at radius 1 is 1.50 bits per heavy atom. The number of ether oxygens (including phenoxy) is 1. The molecule has 1 atom stereocenters. The molecule has 0 bridgehead atoms. The number of nitrogen functional groups attached to an aromatic ring is 1. The minimum absolute atomic E-state index is 0.122. The zero-order valence-electron chi connectivity index (χ0n) is 10.9. The van der Waals surface area contributed by atoms with Crippen molar-refractivity contribution in [3.05, 3.63) is 29.8 Å². The number of nitrogens with zero attached hydrogens (tertiary/aromatic N) is 1. The van der Waals surface area contributed by atoms with Crippen molar-refractivity contribution in [1.82, 2.24) is 0 Å². The molecule has 4 nitrogen and oxygen atoms in total. The Hall–Kier alpha value is -1.55. The molecule has 1 aromatic carbocycles. The Morgan fingerprint density at radius 3 is 2.89 bits per heavy atom. The fourth-order valence-corrected chi connectivity index (χ4v) is 2.41. The SMILES string of the molecule is CCN(CC1CCCO1)c1ccccc1C(=N)N. The number of para-hydroxylation sites is 1. The first kappa shape index (κ1) is 12.9. The average molecular weight is 247 g/mol. The van der Waals surface area contributed by atoms with Gasteiger partial charge in [0.05, 0.1) is 6.10 Å². The van der Waals surface area contributed by atoms with E-state index in [2.05, 4.69) is 11.8 Å². The monoisotopic (exact) mass is 247 g/mol. The second kappa shape index (κ2) is 5.87. The van der Waals surface area contributed by atoms with E-state index >= 15 is 0 Å². The Morgan fingerprint density at radius 2 is 2.28 bits per heavy atom. The van der Waals surface area contributed by atoms with E-state index in [0.29, 0.717) is 6.10 Å². The Kier molecular flexibility index (Phi) is 4.20. The lowest BCUT2D eigenvalue weighted by Gasteiger charge is -2.27. The summed E-state index contributed by atoms with van der Waals surface area (Å²) in [6.07, 6.45) is 2.58. The molecule has 0 radical (unpaired) electrons. The van der Waals surface area contributed by atoms with Crippen LogP contribution in [0, 0.1) is 5.41 Å². The third-order valence-corrected chi connectivity index (χ3v) is 3.36. The van der Waals surface area contributed by atoms with Gasteiger partial charge in [-0.15, -0.1) is 0 Å². The Balaban J connectivity index is 2.18. The van der Waals surface area contributed by atoms with Crippen LogP contribution in [0.2, 0.25) is 0 Å². The molecule has 98 valence electrons. The highest BCUT2D eigenvalue weighted by Crippen LogP contribution is 2.22. The molecule has 0 saturated carbocycles. The molecule has 18 heavy (non-hydrogen) atoms. The van der Waals surface area contributed by atoms with E-state index in [4.69, 9.17) is 15.9 Å². The van der Waals surface area contributed by atoms with Crippen LogP contribution in [0.4, 0.5) is 5.69 Å². The minimum atomic E-state index is 0.122. The summed E-state index contributed by atoms with van der Waals surface area (Å²) in [7, 11) is 0. The van der Waals surface area contributed by atoms with Gasteiger partial charge in [0.25, 0.3) is 0 Å². The summed E-state index contributed by atoms with van der Waals surface area (Å²) >= 11 is 0. The zero-order valence-corrected chi connectivity index (χ0v) is 10.9. The molecular weight excluding hydrogens is 226 g/mol. The van der Waals surface area contributed by atoms with E-state index in [-0.39, 0.29) is 5.84 Å². The van der Waals surface area contributed by atoms with Crippen molar-refractivity contribution >= 4 is 11.5 Å². The van der Waals surface area contributed by atoms with E-state index in [9.17, 15) is 0 Å². The first-order chi connectivity index (χ1) is 8.72. The van der Waals surface area contributed by atoms with Crippen molar-refractivity contribution in [2.24, 2.45) is 5.73 Å². The number of hydrogen-bond donors (Lipinski definition) is 2. The van der Waals surface area contributed by atoms with Crippen molar-refractivity contribution in [1.29, 1.82) is 5.41 Å². The van der Waals surface area contributed by atoms with Crippen LogP contribution in [0.5, 0.6) is 0 Å². The second-order valence-corrected chi connectivity index (χ2v) is 4.60. The topological polar surface area (TPSA) is 62.3 Å². The molecule has 0 amide bonds. The van der Waals surface area contributed by atoms with Crippen LogP contribution in [-0.2, 0) is 4.74 Å². The van der Waals surface area contributed by atoms with E-state index in [1.807, 2.05) is 24.3 Å². The molecule has 1 aromatic rings. The van der Waals surface area contributed by atoms with Gasteiger partial charge in [0.1, 0.15) is 5.84 Å². The van der Waals surface area contributed by atoms with Gasteiger partial charge in [0.15, 0.2) is 0 Å². The van der Waals surface area contributed by atoms with Crippen molar-refractivity contribution in [2.75, 3.05) is 24.6 Å². The molecule has 1 unspecified atom stereocenters. The summed E-state index contributed by atoms with van der Waals surface area (Å²) in [6.45, 7) is 4.76. The quantitative estimate of drug-likeness (QED) is 0.617. The summed E-state index contributed by atoms with van der Waals surface area (Å²) in [5.74, 6) is 0.122. The van der Waals surface area contributed by atoms with Crippen molar-refractivity contribution < 1.29 is 4.74 Å². The zero-order chi connectivity index (χ0) is 13.0. The van der Waals surface area contributed by atoms with Gasteiger partial charge in [-0.25, -0.2) is 0 Å². The van der Waals surface area contributed by atoms with Crippen LogP contribution in [0.25, 0.3) is 0 Å². The number of benzene rings is 1. The molecule has 1 fully saturated rings. The van der Waals surface area contributed by atoms with Crippen molar-refractivity contribution in [3.8, 4) is 0 Å². The van der Waals surface area contributed by atoms with E-state index in [0.717, 1.165) is 43.8 Å². The standard InChI is InChI=1S/C14H21N3O/c1-2-17(10-11-6-5-9-18-11)13-8-4-3-7-12(13)14(15)16/h3-4,7-8,11H,2,5-6,9-10H2,1H3,(H3,15,16). The van der Waals surface area contributed by atoms with Gasteiger partial charge in [-0.2, -0.15) is 0 Å². The van der Waals surface area contributed by atoms with Crippen molar-refractivity contribution in [2.45, 2.75) is 25.9 Å². The number of rotatable bonds is 5. The number of amidine groups is 1. The average Bonchev–Trinajstić information content (AvgIpc) is 2.88. The van der Waals surface area contributed by atoms with Crippen LogP contribution in [-0.4, -0.2) is 31.6 Å². The molecule has 0 spiro atoms. The number of hydrogen-bond acceptors (Lipinski definition) is 3. The van der Waals surface area contributed by atoms with E-state index in [1.165, 1.54) is 0 Å². The lowest BCUT2D eigenvalue weighted by atomic mass is 10.1. The largest absolute Gasteiger partial charge is 0.384 e. The molecule has 1 aliphatic rings. The third kappa shape index (κ3) is 2.82. The Bertz CT molecular complexity index is 413. The van der Waals surface area contributed by atoms with E-state index < -0.39 is 0 Å². The lowest BCUT2D eigenvalue weighted by molar-refractivity contribution is 0.115. The first-order valence-corrected chi connectivity index (χ1v) is 6.52. The van der Waals surface area contributed by atoms with Crippen LogP contribution in [0.15, 0.2) is 24.3 Å². The predicted octanol–water partition coefficient (Wildman–Crippen LogP) is 1.98. The maximum atomic E-state index is 7.65. The maximum Gasteiger partial charge on any atom is 0.124 e. The van der Waals surface area contributed by atoms with Gasteiger partial charge in [-0.05, 0) is 31.9 Å². The molecular formula is C14H21N3O. The molecule has 0 aromatic heterocycles. The van der Waals surface area contributed by atoms with Gasteiger partial charge in [-0.3, -0.25) is 5.41 Å². The minimum Gasteiger partial charge on any atom is -0.384 e. The number of nitrogens with one attached hydrogen (secondary N) is 1. The second-order valence-electron chi connectivity index (χ2n) is 4.60. The van der Waals surface area contributed by atoms with Crippen LogP contribution in [0.1, 0.15) is 25.3 Å². The summed E-state index contributed by atoms with van der Waals surface area (Å²) in [5.41, 5.74) is 7.47. The lowest BCUT2D eigenvalue weighted by Crippen LogP contribution is -2.33. The molecule has 1 saturated heterocycles. The molecule has 2 rings (SSSR count). The number of nitrogens with two attached hydrogens (primary N) is 1. The molecule has 3 N–H and O–H groups in total. The molecule has 4 heteroatoms. The molecule has 1 heterocycles. The molecule has 0 aliphatic carbocycles. The van der Waals surface area contributed by atoms with Crippen molar-refractivity contribution in [3.63, 3.8) is 0 Å². The Labute approximate surface area is 108 Å². The normalized spacial score (nSPS) is 18.8. The number of anilines is 1. The first-order valence-electron chi connectivity index (χ1n) is 6.52. The molecule has 1 aliphatic heterocycles. The summed E-state index contributed by atoms with van der Waals surface area (Å²) in [5, 5.41) is 7.65. The van der Waals surface area contributed by atoms with Crippen LogP contribution in [0.3, 0.4) is 0 Å².